The summed E-state index contributed by atoms with van der Waals surface area (Å²) in [6.07, 6.45) is 14.0. The fourth-order valence-electron chi connectivity index (χ4n) is 5.65. The molecule has 2 saturated carbocycles. The Morgan fingerprint density at radius 2 is 1.65 bits per heavy atom. The van der Waals surface area contributed by atoms with Crippen molar-refractivity contribution < 1.29 is 14.3 Å². The molecular weight excluding hydrogens is 507 g/mol. The molecule has 2 bridgehead atoms. The average Bonchev–Trinajstić information content (AvgIpc) is 3.36. The normalized spacial score (nSPS) is 30.4. The van der Waals surface area contributed by atoms with E-state index < -0.39 is 0 Å². The highest BCUT2D eigenvalue weighted by Crippen LogP contribution is 2.52. The molecule has 4 rings (SSSR count). The molecule has 0 aromatic carbocycles. The van der Waals surface area contributed by atoms with Gasteiger partial charge in [0.1, 0.15) is 0 Å². The predicted octanol–water partition coefficient (Wildman–Crippen LogP) is 2.71. The van der Waals surface area contributed by atoms with E-state index in [-0.39, 0.29) is 59.5 Å². The van der Waals surface area contributed by atoms with Gasteiger partial charge in [-0.1, -0.05) is 37.8 Å². The van der Waals surface area contributed by atoms with Crippen LogP contribution in [0, 0.1) is 23.7 Å². The summed E-state index contributed by atoms with van der Waals surface area (Å²) >= 11 is 0. The summed E-state index contributed by atoms with van der Waals surface area (Å²) in [6.45, 7) is 2.55. The maximum absolute atomic E-state index is 12.7. The van der Waals surface area contributed by atoms with Crippen molar-refractivity contribution in [2.45, 2.75) is 57.5 Å². The number of aliphatic imine (C=N–C) groups is 1. The summed E-state index contributed by atoms with van der Waals surface area (Å²) < 4.78 is 6.00. The van der Waals surface area contributed by atoms with Crippen LogP contribution in [0.1, 0.15) is 51.4 Å². The van der Waals surface area contributed by atoms with E-state index in [9.17, 15) is 9.59 Å². The Morgan fingerprint density at radius 3 is 2.26 bits per heavy atom. The van der Waals surface area contributed by atoms with Crippen LogP contribution in [-0.4, -0.2) is 62.1 Å². The van der Waals surface area contributed by atoms with Gasteiger partial charge in [-0.3, -0.25) is 19.5 Å². The first-order chi connectivity index (χ1) is 14.7. The molecule has 1 saturated heterocycles. The second-order valence-electron chi connectivity index (χ2n) is 9.09. The van der Waals surface area contributed by atoms with Crippen molar-refractivity contribution in [1.29, 1.82) is 0 Å². The lowest BCUT2D eigenvalue weighted by Crippen LogP contribution is -2.41. The highest BCUT2D eigenvalue weighted by molar-refractivity contribution is 14.0. The topological polar surface area (TPSA) is 83.0 Å². The number of amides is 2. The smallest absolute Gasteiger partial charge is 0.233 e. The maximum Gasteiger partial charge on any atom is 0.233 e. The zero-order valence-electron chi connectivity index (χ0n) is 18.6. The molecule has 7 nitrogen and oxygen atoms in total. The summed E-state index contributed by atoms with van der Waals surface area (Å²) in [5, 5.41) is 6.55. The molecule has 3 aliphatic carbocycles. The van der Waals surface area contributed by atoms with Crippen molar-refractivity contribution in [3.8, 4) is 0 Å². The molecule has 3 fully saturated rings. The Labute approximate surface area is 202 Å². The Hall–Kier alpha value is -1.16. The number of nitrogens with one attached hydrogen (secondary N) is 2. The minimum Gasteiger partial charge on any atom is -0.376 e. The van der Waals surface area contributed by atoms with Crippen molar-refractivity contribution in [3.05, 3.63) is 12.2 Å². The van der Waals surface area contributed by atoms with Crippen molar-refractivity contribution in [2.75, 3.05) is 33.3 Å². The Balaban J connectivity index is 0.00000272. The van der Waals surface area contributed by atoms with Gasteiger partial charge in [0.15, 0.2) is 5.96 Å². The number of halogens is 1. The third kappa shape index (κ3) is 5.61. The van der Waals surface area contributed by atoms with Crippen LogP contribution in [0.4, 0.5) is 0 Å². The quantitative estimate of drug-likeness (QED) is 0.0935. The molecule has 0 aromatic rings. The van der Waals surface area contributed by atoms with E-state index in [4.69, 9.17) is 4.74 Å². The van der Waals surface area contributed by atoms with E-state index in [2.05, 4.69) is 27.8 Å². The average molecular weight is 544 g/mol. The van der Waals surface area contributed by atoms with Crippen LogP contribution in [0.2, 0.25) is 0 Å². The lowest BCUT2D eigenvalue weighted by molar-refractivity contribution is -0.140. The minimum atomic E-state index is -0.0941. The third-order valence-corrected chi connectivity index (χ3v) is 7.19. The summed E-state index contributed by atoms with van der Waals surface area (Å²) in [7, 11) is 1.75. The van der Waals surface area contributed by atoms with E-state index in [0.717, 1.165) is 25.3 Å². The molecule has 1 heterocycles. The molecular formula is C23H37IN4O3. The Bertz CT molecular complexity index is 660. The van der Waals surface area contributed by atoms with Gasteiger partial charge in [-0.2, -0.15) is 0 Å². The zero-order valence-corrected chi connectivity index (χ0v) is 20.9. The molecule has 174 valence electrons. The number of nitrogens with zero attached hydrogens (tertiary/aromatic N) is 2. The van der Waals surface area contributed by atoms with E-state index in [0.29, 0.717) is 25.8 Å². The second-order valence-corrected chi connectivity index (χ2v) is 9.09. The van der Waals surface area contributed by atoms with Gasteiger partial charge in [-0.25, -0.2) is 0 Å². The number of ether oxygens (including phenoxy) is 1. The van der Waals surface area contributed by atoms with E-state index in [1.54, 1.807) is 7.05 Å². The summed E-state index contributed by atoms with van der Waals surface area (Å²) in [5.74, 6) is 1.19. The lowest BCUT2D eigenvalue weighted by Gasteiger charge is -2.18. The summed E-state index contributed by atoms with van der Waals surface area (Å²) in [6, 6.07) is 0. The van der Waals surface area contributed by atoms with Crippen LogP contribution in [-0.2, 0) is 14.3 Å². The monoisotopic (exact) mass is 544 g/mol. The zero-order chi connectivity index (χ0) is 20.9. The Kier molecular flexibility index (Phi) is 9.18. The van der Waals surface area contributed by atoms with Gasteiger partial charge in [0.05, 0.1) is 24.5 Å². The molecule has 4 aliphatic rings. The van der Waals surface area contributed by atoms with Crippen LogP contribution in [0.25, 0.3) is 0 Å². The first-order valence-electron chi connectivity index (χ1n) is 11.8. The number of guanidine groups is 1. The van der Waals surface area contributed by atoms with Crippen molar-refractivity contribution in [1.82, 2.24) is 15.5 Å². The number of carbonyl (C=O) groups excluding carboxylic acids is 2. The summed E-state index contributed by atoms with van der Waals surface area (Å²) in [4.78, 5) is 31.1. The Morgan fingerprint density at radius 1 is 1.03 bits per heavy atom. The lowest BCUT2D eigenvalue weighted by atomic mass is 9.85. The molecule has 2 N–H and O–H groups in total. The molecule has 4 atom stereocenters. The van der Waals surface area contributed by atoms with Gasteiger partial charge < -0.3 is 15.4 Å². The van der Waals surface area contributed by atoms with Crippen molar-refractivity contribution in [2.24, 2.45) is 28.7 Å². The highest BCUT2D eigenvalue weighted by atomic mass is 127. The number of hydrogen-bond acceptors (Lipinski definition) is 4. The van der Waals surface area contributed by atoms with E-state index >= 15 is 0 Å². The third-order valence-electron chi connectivity index (χ3n) is 7.19. The number of carbonyl (C=O) groups is 2. The number of rotatable bonds is 8. The number of likely N-dealkylation sites (tertiary alicyclic amines) is 1. The standard InChI is InChI=1S/C23H36N4O3.HI/c1-24-23(26-12-14-30-18-7-4-2-3-5-8-18)25-11-6-13-27-21(28)19-16-9-10-17(15-16)20(19)22(27)29;/h9-10,16-20H,2-8,11-15H2,1H3,(H2,24,25,26);1H. The fraction of sp³-hybridized carbons (Fsp3) is 0.783. The van der Waals surface area contributed by atoms with Crippen LogP contribution < -0.4 is 10.6 Å². The van der Waals surface area contributed by atoms with Gasteiger partial charge >= 0.3 is 0 Å². The molecule has 4 unspecified atom stereocenters. The minimum absolute atomic E-state index is 0. The van der Waals surface area contributed by atoms with E-state index in [1.165, 1.54) is 43.4 Å². The van der Waals surface area contributed by atoms with Gasteiger partial charge in [-0.15, -0.1) is 24.0 Å². The molecule has 1 aliphatic heterocycles. The largest absolute Gasteiger partial charge is 0.376 e. The number of imide groups is 1. The molecule has 31 heavy (non-hydrogen) atoms. The van der Waals surface area contributed by atoms with Crippen LogP contribution in [0.15, 0.2) is 17.1 Å². The molecule has 0 spiro atoms. The first-order valence-corrected chi connectivity index (χ1v) is 11.8. The maximum atomic E-state index is 12.7. The summed E-state index contributed by atoms with van der Waals surface area (Å²) in [5.41, 5.74) is 0. The van der Waals surface area contributed by atoms with Gasteiger partial charge in [-0.05, 0) is 37.5 Å². The van der Waals surface area contributed by atoms with Crippen LogP contribution in [0.3, 0.4) is 0 Å². The van der Waals surface area contributed by atoms with Gasteiger partial charge in [0.2, 0.25) is 11.8 Å². The van der Waals surface area contributed by atoms with E-state index in [1.807, 2.05) is 0 Å². The van der Waals surface area contributed by atoms with Crippen LogP contribution >= 0.6 is 24.0 Å². The molecule has 0 radical (unpaired) electrons. The van der Waals surface area contributed by atoms with Gasteiger partial charge in [0, 0.05) is 26.7 Å². The molecule has 8 heteroatoms. The van der Waals surface area contributed by atoms with Gasteiger partial charge in [0.25, 0.3) is 0 Å². The number of allylic oxidation sites excluding steroid dienone is 2. The van der Waals surface area contributed by atoms with Crippen molar-refractivity contribution >= 4 is 41.8 Å². The first kappa shape index (κ1) is 24.5. The SMILES string of the molecule is CN=C(NCCCN1C(=O)C2C3C=CC(C3)C2C1=O)NCCOC1CCCCCC1.I. The second kappa shape index (κ2) is 11.6. The molecule has 0 aromatic heterocycles. The molecule has 2 amide bonds. The predicted molar refractivity (Wildman–Crippen MR) is 131 cm³/mol. The van der Waals surface area contributed by atoms with Crippen molar-refractivity contribution in [3.63, 3.8) is 0 Å². The fourth-order valence-corrected chi connectivity index (χ4v) is 5.65. The number of hydrogen-bond donors (Lipinski definition) is 2. The number of fused-ring (bicyclic) bond motifs is 5. The van der Waals surface area contributed by atoms with Crippen LogP contribution in [0.5, 0.6) is 0 Å². The highest BCUT2D eigenvalue weighted by Gasteiger charge is 2.58.